The molecule has 2 amide bonds. The van der Waals surface area contributed by atoms with Crippen LogP contribution in [0.3, 0.4) is 0 Å². The van der Waals surface area contributed by atoms with Gasteiger partial charge >= 0.3 is 11.9 Å². The number of nitrogens with zero attached hydrogens (tertiary/aromatic N) is 2. The number of carbonyl (C=O) groups excluding carboxylic acids is 4. The summed E-state index contributed by atoms with van der Waals surface area (Å²) in [7, 11) is 8.03. The molecule has 2 unspecified atom stereocenters. The molecule has 12 heteroatoms. The van der Waals surface area contributed by atoms with E-state index >= 15 is 0 Å². The number of benzene rings is 4. The van der Waals surface area contributed by atoms with Crippen LogP contribution in [0.2, 0.25) is 0 Å². The lowest BCUT2D eigenvalue weighted by Crippen LogP contribution is -2.28. The second-order valence-electron chi connectivity index (χ2n) is 12.5. The molecule has 274 valence electrons. The molecule has 4 rings (SSSR count). The van der Waals surface area contributed by atoms with Crippen LogP contribution in [0.25, 0.3) is 0 Å². The van der Waals surface area contributed by atoms with E-state index in [4.69, 9.17) is 18.9 Å². The van der Waals surface area contributed by atoms with E-state index in [0.717, 1.165) is 37.1 Å². The number of rotatable bonds is 18. The molecule has 0 heterocycles. The lowest BCUT2D eigenvalue weighted by atomic mass is 10.1. The Morgan fingerprint density at radius 3 is 1.19 bits per heavy atom. The number of nitrogens with one attached hydrogen (secondary N) is 2. The molecule has 0 saturated heterocycles. The Morgan fingerprint density at radius 2 is 0.865 bits per heavy atom. The van der Waals surface area contributed by atoms with Gasteiger partial charge in [0.1, 0.15) is 23.7 Å². The smallest absolute Gasteiger partial charge is 0.418 e. The maximum absolute atomic E-state index is 12.4. The first-order valence-electron chi connectivity index (χ1n) is 16.9. The van der Waals surface area contributed by atoms with Crippen molar-refractivity contribution in [2.75, 3.05) is 65.1 Å². The van der Waals surface area contributed by atoms with Crippen LogP contribution in [0.5, 0.6) is 11.5 Å². The molecule has 12 nitrogen and oxygen atoms in total. The minimum absolute atomic E-state index is 0.155. The number of ether oxygens (including phenoxy) is 4. The van der Waals surface area contributed by atoms with Gasteiger partial charge in [0.05, 0.1) is 0 Å². The zero-order valence-electron chi connectivity index (χ0n) is 30.0. The van der Waals surface area contributed by atoms with Crippen LogP contribution in [0.4, 0.5) is 11.4 Å². The summed E-state index contributed by atoms with van der Waals surface area (Å²) in [6.07, 6.45) is 1.26. The molecule has 0 saturated carbocycles. The van der Waals surface area contributed by atoms with Crippen molar-refractivity contribution in [2.45, 2.75) is 25.0 Å². The van der Waals surface area contributed by atoms with Crippen LogP contribution >= 0.6 is 0 Å². The number of hydrogen-bond donors (Lipinski definition) is 2. The highest BCUT2D eigenvalue weighted by Gasteiger charge is 2.21. The Hall–Kier alpha value is -5.72. The van der Waals surface area contributed by atoms with E-state index in [1.165, 1.54) is 0 Å². The van der Waals surface area contributed by atoms with Crippen molar-refractivity contribution in [3.8, 4) is 11.5 Å². The molecule has 0 radical (unpaired) electrons. The zero-order valence-corrected chi connectivity index (χ0v) is 30.0. The van der Waals surface area contributed by atoms with Crippen molar-refractivity contribution in [3.05, 3.63) is 120 Å². The van der Waals surface area contributed by atoms with Gasteiger partial charge in [-0.3, -0.25) is 9.59 Å². The van der Waals surface area contributed by atoms with Crippen LogP contribution in [-0.4, -0.2) is 88.0 Å². The molecule has 2 N–H and O–H groups in total. The Balaban J connectivity index is 1.17. The van der Waals surface area contributed by atoms with Gasteiger partial charge in [-0.2, -0.15) is 0 Å². The maximum atomic E-state index is 12.4. The molecule has 52 heavy (non-hydrogen) atoms. The Labute approximate surface area is 304 Å². The molecule has 0 aliphatic carbocycles. The Kier molecular flexibility index (Phi) is 15.2. The minimum atomic E-state index is -1.40. The van der Waals surface area contributed by atoms with Gasteiger partial charge in [-0.1, -0.05) is 60.7 Å². The number of anilines is 2. The summed E-state index contributed by atoms with van der Waals surface area (Å²) in [6.45, 7) is 0.222. The fourth-order valence-electron chi connectivity index (χ4n) is 5.01. The average Bonchev–Trinajstić information content (AvgIpc) is 3.15. The Bertz CT molecular complexity index is 1590. The first kappa shape index (κ1) is 39.1. The fourth-order valence-corrected chi connectivity index (χ4v) is 5.01. The van der Waals surface area contributed by atoms with E-state index in [9.17, 15) is 19.2 Å². The third kappa shape index (κ3) is 13.5. The van der Waals surface area contributed by atoms with Gasteiger partial charge in [0.15, 0.2) is 13.2 Å². The number of esters is 2. The molecule has 0 aliphatic heterocycles. The van der Waals surface area contributed by atoms with Crippen LogP contribution in [0.1, 0.15) is 36.2 Å². The molecule has 0 bridgehead atoms. The highest BCUT2D eigenvalue weighted by molar-refractivity contribution is 6.30. The van der Waals surface area contributed by atoms with Gasteiger partial charge in [0, 0.05) is 37.3 Å². The predicted molar refractivity (Wildman–Crippen MR) is 198 cm³/mol. The first-order chi connectivity index (χ1) is 25.0. The van der Waals surface area contributed by atoms with Gasteiger partial charge in [-0.25, -0.2) is 9.59 Å². The molecule has 0 spiro atoms. The second-order valence-corrected chi connectivity index (χ2v) is 12.5. The van der Waals surface area contributed by atoms with Crippen molar-refractivity contribution < 1.29 is 38.1 Å². The number of amides is 2. The van der Waals surface area contributed by atoms with E-state index in [1.807, 2.05) is 88.9 Å². The van der Waals surface area contributed by atoms with Crippen molar-refractivity contribution in [2.24, 2.45) is 0 Å². The normalized spacial score (nSPS) is 12.0. The topological polar surface area (TPSA) is 136 Å². The lowest BCUT2D eigenvalue weighted by molar-refractivity contribution is -0.168. The molecular weight excluding hydrogens is 664 g/mol. The maximum Gasteiger partial charge on any atom is 0.418 e. The van der Waals surface area contributed by atoms with Crippen molar-refractivity contribution in [1.82, 2.24) is 9.80 Å². The third-order valence-corrected chi connectivity index (χ3v) is 7.69. The van der Waals surface area contributed by atoms with Gasteiger partial charge in [-0.15, -0.1) is 0 Å². The van der Waals surface area contributed by atoms with Gasteiger partial charge in [-0.05, 0) is 87.8 Å². The highest BCUT2D eigenvalue weighted by atomic mass is 16.6. The van der Waals surface area contributed by atoms with E-state index in [1.54, 1.807) is 48.5 Å². The summed E-state index contributed by atoms with van der Waals surface area (Å²) in [5, 5.41) is 5.19. The van der Waals surface area contributed by atoms with E-state index in [-0.39, 0.29) is 12.2 Å². The fraction of sp³-hybridized carbons (Fsp3) is 0.300. The average molecular weight is 711 g/mol. The molecule has 4 aromatic carbocycles. The number of carbonyl (C=O) groups is 4. The molecular formula is C40H46N4O8. The lowest BCUT2D eigenvalue weighted by Gasteiger charge is -2.21. The van der Waals surface area contributed by atoms with Crippen LogP contribution in [0.15, 0.2) is 109 Å². The van der Waals surface area contributed by atoms with Gasteiger partial charge in [0.25, 0.3) is 11.8 Å². The second kappa shape index (κ2) is 20.2. The minimum Gasteiger partial charge on any atom is -0.486 e. The molecule has 0 aliphatic rings. The third-order valence-electron chi connectivity index (χ3n) is 7.69. The SMILES string of the molecule is CN(C)CCC(Oc1ccc(NC(=O)COC(=O)C(=O)OCC(=O)Nc2ccc(OC(CCN(C)C)c3ccccc3)cc2)cc1)c1ccccc1. The summed E-state index contributed by atoms with van der Waals surface area (Å²) in [5.74, 6) is -2.89. The largest absolute Gasteiger partial charge is 0.486 e. The number of hydrogen-bond acceptors (Lipinski definition) is 10. The molecule has 0 aromatic heterocycles. The van der Waals surface area contributed by atoms with E-state index < -0.39 is 37.0 Å². The van der Waals surface area contributed by atoms with E-state index in [2.05, 4.69) is 20.4 Å². The summed E-state index contributed by atoms with van der Waals surface area (Å²) in [5.41, 5.74) is 3.00. The molecule has 4 aromatic rings. The Morgan fingerprint density at radius 1 is 0.519 bits per heavy atom. The quantitative estimate of drug-likeness (QED) is 0.101. The zero-order chi connectivity index (χ0) is 37.3. The van der Waals surface area contributed by atoms with Crippen molar-refractivity contribution >= 4 is 35.1 Å². The van der Waals surface area contributed by atoms with Gasteiger partial charge in [0.2, 0.25) is 0 Å². The van der Waals surface area contributed by atoms with E-state index in [0.29, 0.717) is 22.9 Å². The van der Waals surface area contributed by atoms with Crippen LogP contribution < -0.4 is 20.1 Å². The van der Waals surface area contributed by atoms with Crippen molar-refractivity contribution in [1.29, 1.82) is 0 Å². The summed E-state index contributed by atoms with van der Waals surface area (Å²) in [4.78, 5) is 53.1. The molecule has 2 atom stereocenters. The van der Waals surface area contributed by atoms with Crippen LogP contribution in [-0.2, 0) is 28.7 Å². The first-order valence-corrected chi connectivity index (χ1v) is 16.9. The highest BCUT2D eigenvalue weighted by Crippen LogP contribution is 2.27. The standard InChI is InChI=1S/C40H46N4O8/c1-43(2)25-23-35(29-11-7-5-8-12-29)51-33-19-15-31(16-20-33)41-37(45)27-49-39(47)40(48)50-28-38(46)42-32-17-21-34(22-18-32)52-36(24-26-44(3)4)30-13-9-6-10-14-30/h5-22,35-36H,23-28H2,1-4H3,(H,41,45)(H,42,46). The monoisotopic (exact) mass is 710 g/mol. The summed E-state index contributed by atoms with van der Waals surface area (Å²) >= 11 is 0. The predicted octanol–water partition coefficient (Wildman–Crippen LogP) is 5.49. The van der Waals surface area contributed by atoms with Crippen molar-refractivity contribution in [3.63, 3.8) is 0 Å². The summed E-state index contributed by atoms with van der Waals surface area (Å²) in [6, 6.07) is 33.4. The van der Waals surface area contributed by atoms with Crippen LogP contribution in [0, 0.1) is 0 Å². The van der Waals surface area contributed by atoms with Gasteiger partial charge < -0.3 is 39.4 Å². The summed E-state index contributed by atoms with van der Waals surface area (Å²) < 4.78 is 22.0. The molecule has 0 fully saturated rings.